The van der Waals surface area contributed by atoms with Crippen LogP contribution in [0, 0.1) is 0 Å². The van der Waals surface area contributed by atoms with Gasteiger partial charge in [-0.25, -0.2) is 4.98 Å². The van der Waals surface area contributed by atoms with E-state index in [-0.39, 0.29) is 0 Å². The van der Waals surface area contributed by atoms with E-state index in [1.54, 1.807) is 0 Å². The highest BCUT2D eigenvalue weighted by Crippen LogP contribution is 2.27. The number of anilines is 2. The highest BCUT2D eigenvalue weighted by molar-refractivity contribution is 5.62. The normalized spacial score (nSPS) is 18.5. The minimum atomic E-state index is 0.320. The second kappa shape index (κ2) is 6.36. The number of nitrogens with zero attached hydrogens (tertiary/aromatic N) is 5. The smallest absolute Gasteiger partial charge is 0.222 e. The molecule has 0 bridgehead atoms. The lowest BCUT2D eigenvalue weighted by molar-refractivity contribution is 0.312. The number of nitrogen functional groups attached to an aromatic ring is 1. The van der Waals surface area contributed by atoms with E-state index >= 15 is 0 Å². The van der Waals surface area contributed by atoms with E-state index in [1.807, 2.05) is 12.3 Å². The molecule has 2 aromatic heterocycles. The first kappa shape index (κ1) is 15.3. The molecule has 0 aromatic carbocycles. The predicted octanol–water partition coefficient (Wildman–Crippen LogP) is 1.75. The van der Waals surface area contributed by atoms with E-state index in [9.17, 15) is 0 Å². The molecule has 6 nitrogen and oxygen atoms in total. The number of likely N-dealkylation sites (N-methyl/N-ethyl adjacent to an activating group) is 1. The molecule has 2 N–H and O–H groups in total. The Kier molecular flexibility index (Phi) is 4.06. The summed E-state index contributed by atoms with van der Waals surface area (Å²) in [4.78, 5) is 18.1. The fraction of sp³-hybridized carbons (Fsp3) is 0.500. The maximum atomic E-state index is 5.98. The van der Waals surface area contributed by atoms with Gasteiger partial charge in [0.1, 0.15) is 5.82 Å². The molecule has 24 heavy (non-hydrogen) atoms. The highest BCUT2D eigenvalue weighted by Gasteiger charge is 2.18. The number of hydrogen-bond acceptors (Lipinski definition) is 6. The molecular weight excluding hydrogens is 300 g/mol. The number of rotatable bonds is 2. The fourth-order valence-corrected chi connectivity index (χ4v) is 3.54. The summed E-state index contributed by atoms with van der Waals surface area (Å²) in [5, 5.41) is 0. The van der Waals surface area contributed by atoms with Crippen LogP contribution in [0.1, 0.15) is 24.0 Å². The number of aromatic nitrogens is 3. The molecule has 2 aliphatic rings. The van der Waals surface area contributed by atoms with Crippen LogP contribution >= 0.6 is 0 Å². The van der Waals surface area contributed by atoms with E-state index in [0.717, 1.165) is 56.2 Å². The first-order chi connectivity index (χ1) is 11.7. The Morgan fingerprint density at radius 1 is 0.917 bits per heavy atom. The van der Waals surface area contributed by atoms with Crippen molar-refractivity contribution in [2.45, 2.75) is 25.7 Å². The molecule has 6 heteroatoms. The largest absolute Gasteiger partial charge is 0.368 e. The molecule has 1 aliphatic heterocycles. The minimum Gasteiger partial charge on any atom is -0.368 e. The van der Waals surface area contributed by atoms with Crippen LogP contribution in [0.4, 0.5) is 11.8 Å². The van der Waals surface area contributed by atoms with E-state index in [4.69, 9.17) is 5.73 Å². The second-order valence-corrected chi connectivity index (χ2v) is 6.81. The zero-order chi connectivity index (χ0) is 16.5. The number of pyridine rings is 1. The Labute approximate surface area is 142 Å². The summed E-state index contributed by atoms with van der Waals surface area (Å²) < 4.78 is 0. The van der Waals surface area contributed by atoms with Crippen LogP contribution in [-0.4, -0.2) is 53.1 Å². The van der Waals surface area contributed by atoms with Gasteiger partial charge in [-0.05, 0) is 49.9 Å². The fourth-order valence-electron chi connectivity index (χ4n) is 3.54. The standard InChI is InChI=1S/C18H24N6/c1-23-6-8-24(9-7-23)17-11-16(21-18(19)22-17)15-10-13-4-2-3-5-14(13)12-20-15/h10-12H,2-9H2,1H3,(H2,19,21,22). The SMILES string of the molecule is CN1CCN(c2cc(-c3cc4c(cn3)CCCC4)nc(N)n2)CC1. The van der Waals surface area contributed by atoms with E-state index in [1.165, 1.54) is 24.0 Å². The molecule has 3 heterocycles. The van der Waals surface area contributed by atoms with Gasteiger partial charge in [-0.15, -0.1) is 0 Å². The molecule has 2 aromatic rings. The van der Waals surface area contributed by atoms with Gasteiger partial charge in [0.15, 0.2) is 0 Å². The summed E-state index contributed by atoms with van der Waals surface area (Å²) in [5.41, 5.74) is 10.5. The minimum absolute atomic E-state index is 0.320. The summed E-state index contributed by atoms with van der Waals surface area (Å²) in [6.07, 6.45) is 6.81. The molecule has 1 aliphatic carbocycles. The highest BCUT2D eigenvalue weighted by atomic mass is 15.3. The van der Waals surface area contributed by atoms with Crippen LogP contribution in [0.25, 0.3) is 11.4 Å². The van der Waals surface area contributed by atoms with Gasteiger partial charge >= 0.3 is 0 Å². The van der Waals surface area contributed by atoms with Gasteiger partial charge in [-0.3, -0.25) is 4.98 Å². The number of nitrogens with two attached hydrogens (primary N) is 1. The van der Waals surface area contributed by atoms with Crippen molar-refractivity contribution < 1.29 is 0 Å². The number of aryl methyl sites for hydroxylation is 2. The summed E-state index contributed by atoms with van der Waals surface area (Å²) >= 11 is 0. The molecule has 4 rings (SSSR count). The lowest BCUT2D eigenvalue weighted by Crippen LogP contribution is -2.44. The topological polar surface area (TPSA) is 71.2 Å². The van der Waals surface area contributed by atoms with Gasteiger partial charge in [0.2, 0.25) is 5.95 Å². The maximum absolute atomic E-state index is 5.98. The molecule has 0 saturated carbocycles. The maximum Gasteiger partial charge on any atom is 0.222 e. The van der Waals surface area contributed by atoms with Crippen LogP contribution < -0.4 is 10.6 Å². The Morgan fingerprint density at radius 2 is 1.67 bits per heavy atom. The van der Waals surface area contributed by atoms with Crippen molar-refractivity contribution in [2.75, 3.05) is 43.9 Å². The van der Waals surface area contributed by atoms with E-state index < -0.39 is 0 Å². The third-order valence-corrected chi connectivity index (χ3v) is 5.04. The zero-order valence-electron chi connectivity index (χ0n) is 14.2. The predicted molar refractivity (Wildman–Crippen MR) is 96.0 cm³/mol. The molecule has 1 saturated heterocycles. The Hall–Kier alpha value is -2.21. The molecule has 126 valence electrons. The van der Waals surface area contributed by atoms with Crippen molar-refractivity contribution in [1.29, 1.82) is 0 Å². The summed E-state index contributed by atoms with van der Waals surface area (Å²) in [6.45, 7) is 4.00. The molecule has 0 unspecified atom stereocenters. The van der Waals surface area contributed by atoms with Gasteiger partial charge in [0, 0.05) is 38.4 Å². The van der Waals surface area contributed by atoms with Crippen LogP contribution in [0.15, 0.2) is 18.3 Å². The van der Waals surface area contributed by atoms with Gasteiger partial charge in [0.25, 0.3) is 0 Å². The average molecular weight is 324 g/mol. The van der Waals surface area contributed by atoms with Gasteiger partial charge in [-0.2, -0.15) is 4.98 Å². The Balaban J connectivity index is 1.66. The Bertz CT molecular complexity index is 736. The van der Waals surface area contributed by atoms with Crippen LogP contribution in [0.3, 0.4) is 0 Å². The monoisotopic (exact) mass is 324 g/mol. The first-order valence-electron chi connectivity index (χ1n) is 8.75. The molecule has 0 radical (unpaired) electrons. The van der Waals surface area contributed by atoms with E-state index in [2.05, 4.69) is 37.9 Å². The van der Waals surface area contributed by atoms with Gasteiger partial charge < -0.3 is 15.5 Å². The molecule has 0 amide bonds. The van der Waals surface area contributed by atoms with Crippen molar-refractivity contribution in [3.8, 4) is 11.4 Å². The summed E-state index contributed by atoms with van der Waals surface area (Å²) in [6, 6.07) is 4.21. The van der Waals surface area contributed by atoms with Crippen molar-refractivity contribution in [3.63, 3.8) is 0 Å². The van der Waals surface area contributed by atoms with Crippen LogP contribution in [-0.2, 0) is 12.8 Å². The molecular formula is C18H24N6. The third-order valence-electron chi connectivity index (χ3n) is 5.04. The Morgan fingerprint density at radius 3 is 2.46 bits per heavy atom. The molecule has 0 spiro atoms. The third kappa shape index (κ3) is 3.06. The second-order valence-electron chi connectivity index (χ2n) is 6.81. The van der Waals surface area contributed by atoms with Crippen molar-refractivity contribution in [3.05, 3.63) is 29.5 Å². The lowest BCUT2D eigenvalue weighted by Gasteiger charge is -2.33. The van der Waals surface area contributed by atoms with Crippen molar-refractivity contribution >= 4 is 11.8 Å². The van der Waals surface area contributed by atoms with Crippen LogP contribution in [0.2, 0.25) is 0 Å². The molecule has 0 atom stereocenters. The van der Waals surface area contributed by atoms with Gasteiger partial charge in [0.05, 0.1) is 11.4 Å². The lowest BCUT2D eigenvalue weighted by atomic mass is 9.92. The number of hydrogen-bond donors (Lipinski definition) is 1. The number of fused-ring (bicyclic) bond motifs is 1. The average Bonchev–Trinajstić information content (AvgIpc) is 2.61. The van der Waals surface area contributed by atoms with E-state index in [0.29, 0.717) is 5.95 Å². The van der Waals surface area contributed by atoms with Gasteiger partial charge in [-0.1, -0.05) is 0 Å². The summed E-state index contributed by atoms with van der Waals surface area (Å²) in [5.74, 6) is 1.23. The number of piperazine rings is 1. The van der Waals surface area contributed by atoms with Crippen molar-refractivity contribution in [1.82, 2.24) is 19.9 Å². The molecule has 1 fully saturated rings. The van der Waals surface area contributed by atoms with Crippen LogP contribution in [0.5, 0.6) is 0 Å². The zero-order valence-corrected chi connectivity index (χ0v) is 14.2. The van der Waals surface area contributed by atoms with Crippen molar-refractivity contribution in [2.24, 2.45) is 0 Å². The first-order valence-corrected chi connectivity index (χ1v) is 8.75. The summed E-state index contributed by atoms with van der Waals surface area (Å²) in [7, 11) is 2.15. The quantitative estimate of drug-likeness (QED) is 0.907.